The summed E-state index contributed by atoms with van der Waals surface area (Å²) in [5.74, 6) is 0.863. The summed E-state index contributed by atoms with van der Waals surface area (Å²) >= 11 is 1.48. The lowest BCUT2D eigenvalue weighted by Crippen LogP contribution is -2.23. The lowest BCUT2D eigenvalue weighted by molar-refractivity contribution is 0.194. The smallest absolute Gasteiger partial charge is 0.404 e. The second-order valence-corrected chi connectivity index (χ2v) is 7.34. The van der Waals surface area contributed by atoms with Gasteiger partial charge in [-0.3, -0.25) is 0 Å². The molecular weight excluding hydrogens is 338 g/mol. The van der Waals surface area contributed by atoms with E-state index in [9.17, 15) is 4.79 Å². The Balaban J connectivity index is 1.45. The second kappa shape index (κ2) is 8.31. The number of ether oxygens (including phenoxy) is 1. The molecule has 0 radical (unpaired) electrons. The summed E-state index contributed by atoms with van der Waals surface area (Å²) in [5.41, 5.74) is 1.01. The zero-order valence-electron chi connectivity index (χ0n) is 14.3. The van der Waals surface area contributed by atoms with Gasteiger partial charge in [0, 0.05) is 29.2 Å². The van der Waals surface area contributed by atoms with Crippen LogP contribution in [0.3, 0.4) is 0 Å². The van der Waals surface area contributed by atoms with Crippen LogP contribution in [0.15, 0.2) is 30.5 Å². The quantitative estimate of drug-likeness (QED) is 0.669. The van der Waals surface area contributed by atoms with Crippen molar-refractivity contribution in [2.24, 2.45) is 0 Å². The fourth-order valence-corrected chi connectivity index (χ4v) is 3.44. The second-order valence-electron chi connectivity index (χ2n) is 6.23. The number of benzene rings is 1. The molecule has 1 amide bonds. The fraction of sp³-hybridized carbons (Fsp3) is 0.444. The monoisotopic (exact) mass is 361 g/mol. The van der Waals surface area contributed by atoms with Crippen molar-refractivity contribution in [3.05, 3.63) is 35.3 Å². The van der Waals surface area contributed by atoms with E-state index in [4.69, 9.17) is 9.84 Å². The average molecular weight is 361 g/mol. The minimum absolute atomic E-state index is 0.281. The van der Waals surface area contributed by atoms with E-state index in [1.165, 1.54) is 24.2 Å². The molecule has 0 atom stereocenters. The van der Waals surface area contributed by atoms with Crippen LogP contribution in [0.2, 0.25) is 0 Å². The molecule has 0 spiro atoms. The first-order valence-corrected chi connectivity index (χ1v) is 9.28. The molecule has 7 heteroatoms. The number of rotatable bonds is 9. The zero-order valence-corrected chi connectivity index (χ0v) is 15.1. The van der Waals surface area contributed by atoms with Gasteiger partial charge >= 0.3 is 6.09 Å². The Morgan fingerprint density at radius 2 is 2.16 bits per heavy atom. The average Bonchev–Trinajstić information content (AvgIpc) is 3.36. The van der Waals surface area contributed by atoms with Crippen LogP contribution in [0.25, 0.3) is 10.6 Å². The molecule has 0 saturated heterocycles. The first kappa shape index (κ1) is 17.7. The summed E-state index contributed by atoms with van der Waals surface area (Å²) in [6, 6.07) is 8.68. The fourth-order valence-electron chi connectivity index (χ4n) is 2.58. The molecule has 2 N–H and O–H groups in total. The molecule has 3 rings (SSSR count). The molecule has 2 aromatic rings. The lowest BCUT2D eigenvalue weighted by Gasteiger charge is -2.15. The van der Waals surface area contributed by atoms with E-state index < -0.39 is 6.09 Å². The summed E-state index contributed by atoms with van der Waals surface area (Å²) in [6.45, 7) is 2.08. The SMILES string of the molecule is CN(CCCOc1ccc(-c2ncc(CNC(=O)O)s2)cc1)C1CC1. The molecule has 0 unspecified atom stereocenters. The van der Waals surface area contributed by atoms with Gasteiger partial charge in [0.2, 0.25) is 0 Å². The van der Waals surface area contributed by atoms with Crippen molar-refractivity contribution < 1.29 is 14.6 Å². The molecule has 1 aromatic carbocycles. The first-order valence-electron chi connectivity index (χ1n) is 8.47. The Morgan fingerprint density at radius 3 is 2.84 bits per heavy atom. The predicted octanol–water partition coefficient (Wildman–Crippen LogP) is 3.44. The third kappa shape index (κ3) is 5.44. The third-order valence-electron chi connectivity index (χ3n) is 4.16. The van der Waals surface area contributed by atoms with Gasteiger partial charge in [0.1, 0.15) is 10.8 Å². The molecule has 134 valence electrons. The highest BCUT2D eigenvalue weighted by molar-refractivity contribution is 7.15. The van der Waals surface area contributed by atoms with Crippen LogP contribution in [0.1, 0.15) is 24.1 Å². The Morgan fingerprint density at radius 1 is 1.40 bits per heavy atom. The first-order chi connectivity index (χ1) is 12.1. The summed E-state index contributed by atoms with van der Waals surface area (Å²) in [7, 11) is 2.18. The van der Waals surface area contributed by atoms with Gasteiger partial charge in [-0.15, -0.1) is 11.3 Å². The lowest BCUT2D eigenvalue weighted by atomic mass is 10.2. The van der Waals surface area contributed by atoms with Gasteiger partial charge in [0.25, 0.3) is 0 Å². The van der Waals surface area contributed by atoms with Gasteiger partial charge < -0.3 is 20.1 Å². The molecule has 1 aromatic heterocycles. The Labute approximate surface area is 151 Å². The number of hydrogen-bond donors (Lipinski definition) is 2. The Hall–Kier alpha value is -2.12. The van der Waals surface area contributed by atoms with Crippen molar-refractivity contribution in [1.82, 2.24) is 15.2 Å². The molecule has 6 nitrogen and oxygen atoms in total. The molecule has 0 aliphatic heterocycles. The molecule has 25 heavy (non-hydrogen) atoms. The molecule has 1 fully saturated rings. The van der Waals surface area contributed by atoms with Crippen LogP contribution in [0.4, 0.5) is 4.79 Å². The van der Waals surface area contributed by atoms with Crippen LogP contribution < -0.4 is 10.1 Å². The number of amides is 1. The van der Waals surface area contributed by atoms with Crippen LogP contribution in [0.5, 0.6) is 5.75 Å². The molecular formula is C18H23N3O3S. The highest BCUT2D eigenvalue weighted by atomic mass is 32.1. The summed E-state index contributed by atoms with van der Waals surface area (Å²) in [4.78, 5) is 18.2. The van der Waals surface area contributed by atoms with Gasteiger partial charge in [-0.25, -0.2) is 9.78 Å². The highest BCUT2D eigenvalue weighted by Crippen LogP contribution is 2.27. The largest absolute Gasteiger partial charge is 0.494 e. The number of thiazole rings is 1. The van der Waals surface area contributed by atoms with E-state index in [-0.39, 0.29) is 6.54 Å². The van der Waals surface area contributed by atoms with E-state index in [2.05, 4.69) is 22.2 Å². The van der Waals surface area contributed by atoms with Crippen LogP contribution in [-0.2, 0) is 6.54 Å². The number of nitrogens with one attached hydrogen (secondary N) is 1. The van der Waals surface area contributed by atoms with Crippen molar-refractivity contribution in [2.45, 2.75) is 31.8 Å². The number of aromatic nitrogens is 1. The summed E-state index contributed by atoms with van der Waals surface area (Å²) in [6.07, 6.45) is 4.38. The van der Waals surface area contributed by atoms with Crippen LogP contribution in [0, 0.1) is 0 Å². The van der Waals surface area contributed by atoms with Crippen LogP contribution >= 0.6 is 11.3 Å². The Bertz CT molecular complexity index is 698. The Kier molecular flexibility index (Phi) is 5.88. The minimum atomic E-state index is -1.03. The van der Waals surface area contributed by atoms with Gasteiger partial charge in [0.15, 0.2) is 0 Å². The van der Waals surface area contributed by atoms with Gasteiger partial charge in [-0.1, -0.05) is 0 Å². The number of carboxylic acid groups (broad SMARTS) is 1. The highest BCUT2D eigenvalue weighted by Gasteiger charge is 2.25. The van der Waals surface area contributed by atoms with Gasteiger partial charge in [-0.2, -0.15) is 0 Å². The third-order valence-corrected chi connectivity index (χ3v) is 5.21. The van der Waals surface area contributed by atoms with E-state index >= 15 is 0 Å². The van der Waals surface area contributed by atoms with Gasteiger partial charge in [0.05, 0.1) is 13.2 Å². The maximum atomic E-state index is 10.5. The van der Waals surface area contributed by atoms with Crippen molar-refractivity contribution >= 4 is 17.4 Å². The molecule has 1 saturated carbocycles. The number of nitrogens with zero attached hydrogens (tertiary/aromatic N) is 2. The molecule has 1 aliphatic carbocycles. The molecule has 1 aliphatic rings. The molecule has 1 heterocycles. The summed E-state index contributed by atoms with van der Waals surface area (Å²) in [5, 5.41) is 11.9. The normalized spacial score (nSPS) is 13.8. The standard InChI is InChI=1S/C18H23N3O3S/c1-21(14-5-6-14)9-2-10-24-15-7-3-13(4-8-15)17-19-11-16(25-17)12-20-18(22)23/h3-4,7-8,11,14,20H,2,5-6,9-10,12H2,1H3,(H,22,23). The van der Waals surface area contributed by atoms with Crippen molar-refractivity contribution in [3.8, 4) is 16.3 Å². The maximum absolute atomic E-state index is 10.5. The predicted molar refractivity (Wildman–Crippen MR) is 98.2 cm³/mol. The van der Waals surface area contributed by atoms with E-state index in [0.29, 0.717) is 0 Å². The zero-order chi connectivity index (χ0) is 17.6. The number of carbonyl (C=O) groups is 1. The van der Waals surface area contributed by atoms with E-state index in [1.807, 2.05) is 24.3 Å². The number of hydrogen-bond acceptors (Lipinski definition) is 5. The minimum Gasteiger partial charge on any atom is -0.494 e. The van der Waals surface area contributed by atoms with Crippen molar-refractivity contribution in [2.75, 3.05) is 20.2 Å². The maximum Gasteiger partial charge on any atom is 0.404 e. The van der Waals surface area contributed by atoms with E-state index in [1.54, 1.807) is 6.20 Å². The van der Waals surface area contributed by atoms with Crippen LogP contribution in [-0.4, -0.2) is 47.3 Å². The van der Waals surface area contributed by atoms with Gasteiger partial charge in [-0.05, 0) is 50.6 Å². The topological polar surface area (TPSA) is 74.7 Å². The molecule has 0 bridgehead atoms. The van der Waals surface area contributed by atoms with Crippen molar-refractivity contribution in [1.29, 1.82) is 0 Å². The van der Waals surface area contributed by atoms with E-state index in [0.717, 1.165) is 46.8 Å². The van der Waals surface area contributed by atoms with Crippen molar-refractivity contribution in [3.63, 3.8) is 0 Å². The summed E-state index contributed by atoms with van der Waals surface area (Å²) < 4.78 is 5.80.